The summed E-state index contributed by atoms with van der Waals surface area (Å²) in [5, 5.41) is 19.7. The minimum absolute atomic E-state index is 0.0565. The van der Waals surface area contributed by atoms with Crippen molar-refractivity contribution < 1.29 is 9.84 Å². The second-order valence-electron chi connectivity index (χ2n) is 4.10. The number of ether oxygens (including phenoxy) is 1. The fourth-order valence-electron chi connectivity index (χ4n) is 1.68. The molecule has 1 heterocycles. The molecule has 1 atom stereocenters. The Kier molecular flexibility index (Phi) is 4.39. The Balaban J connectivity index is 2.05. The summed E-state index contributed by atoms with van der Waals surface area (Å²) in [4.78, 5) is 4.09. The summed E-state index contributed by atoms with van der Waals surface area (Å²) in [5.41, 5.74) is 0.993. The van der Waals surface area contributed by atoms with E-state index in [1.54, 1.807) is 6.07 Å². The van der Waals surface area contributed by atoms with Crippen LogP contribution < -0.4 is 10.1 Å². The fraction of sp³-hybridized carbons (Fsp3) is 0.333. The SMILES string of the molecule is COc1cc(CNC(C)c2ncn[nH]2)cc(Br)c1O. The maximum atomic E-state index is 9.73. The predicted octanol–water partition coefficient (Wildman–Crippen LogP) is 2.13. The molecule has 0 aliphatic rings. The first-order chi connectivity index (χ1) is 9.11. The zero-order valence-corrected chi connectivity index (χ0v) is 12.2. The molecule has 2 aromatic rings. The van der Waals surface area contributed by atoms with Crippen LogP contribution in [-0.4, -0.2) is 27.4 Å². The molecule has 0 saturated heterocycles. The average Bonchev–Trinajstić information content (AvgIpc) is 2.93. The zero-order chi connectivity index (χ0) is 13.8. The molecular formula is C12H15BrN4O2. The van der Waals surface area contributed by atoms with E-state index in [0.717, 1.165) is 11.4 Å². The monoisotopic (exact) mass is 326 g/mol. The number of methoxy groups -OCH3 is 1. The summed E-state index contributed by atoms with van der Waals surface area (Å²) >= 11 is 3.30. The van der Waals surface area contributed by atoms with Crippen molar-refractivity contribution in [1.82, 2.24) is 20.5 Å². The molecule has 0 amide bonds. The van der Waals surface area contributed by atoms with Gasteiger partial charge in [0.2, 0.25) is 0 Å². The Morgan fingerprint density at radius 2 is 2.32 bits per heavy atom. The third-order valence-corrected chi connectivity index (χ3v) is 3.37. The quantitative estimate of drug-likeness (QED) is 0.784. The van der Waals surface area contributed by atoms with Crippen LogP contribution in [0.1, 0.15) is 24.4 Å². The number of rotatable bonds is 5. The molecule has 0 spiro atoms. The molecule has 102 valence electrons. The summed E-state index contributed by atoms with van der Waals surface area (Å²) in [7, 11) is 1.52. The van der Waals surface area contributed by atoms with E-state index in [0.29, 0.717) is 16.8 Å². The minimum Gasteiger partial charge on any atom is -0.503 e. The standard InChI is InChI=1S/C12H15BrN4O2/c1-7(12-15-6-16-17-12)14-5-8-3-9(13)11(18)10(4-8)19-2/h3-4,6-7,14,18H,5H2,1-2H3,(H,15,16,17). The lowest BCUT2D eigenvalue weighted by molar-refractivity contribution is 0.371. The zero-order valence-electron chi connectivity index (χ0n) is 10.6. The first kappa shape index (κ1) is 13.8. The molecule has 7 heteroatoms. The van der Waals surface area contributed by atoms with Crippen molar-refractivity contribution in [3.63, 3.8) is 0 Å². The number of hydrogen-bond donors (Lipinski definition) is 3. The number of H-pyrrole nitrogens is 1. The molecule has 0 bridgehead atoms. The third-order valence-electron chi connectivity index (χ3n) is 2.76. The largest absolute Gasteiger partial charge is 0.503 e. The van der Waals surface area contributed by atoms with Gasteiger partial charge in [0.05, 0.1) is 17.6 Å². The van der Waals surface area contributed by atoms with Gasteiger partial charge in [0, 0.05) is 6.54 Å². The highest BCUT2D eigenvalue weighted by Crippen LogP contribution is 2.35. The van der Waals surface area contributed by atoms with Crippen molar-refractivity contribution in [2.24, 2.45) is 0 Å². The van der Waals surface area contributed by atoms with Crippen LogP contribution in [0.15, 0.2) is 22.9 Å². The molecule has 0 fully saturated rings. The van der Waals surface area contributed by atoms with Gasteiger partial charge in [-0.1, -0.05) is 0 Å². The number of phenolic OH excluding ortho intramolecular Hbond substituents is 1. The highest BCUT2D eigenvalue weighted by molar-refractivity contribution is 9.10. The van der Waals surface area contributed by atoms with Gasteiger partial charge in [0.15, 0.2) is 11.5 Å². The molecule has 1 aromatic carbocycles. The van der Waals surface area contributed by atoms with Gasteiger partial charge in [-0.15, -0.1) is 0 Å². The van der Waals surface area contributed by atoms with Gasteiger partial charge in [-0.25, -0.2) is 4.98 Å². The van der Waals surface area contributed by atoms with Crippen LogP contribution >= 0.6 is 15.9 Å². The highest BCUT2D eigenvalue weighted by Gasteiger charge is 2.11. The Morgan fingerprint density at radius 1 is 1.53 bits per heavy atom. The number of aromatic nitrogens is 3. The van der Waals surface area contributed by atoms with Crippen molar-refractivity contribution in [2.75, 3.05) is 7.11 Å². The topological polar surface area (TPSA) is 83.1 Å². The van der Waals surface area contributed by atoms with E-state index >= 15 is 0 Å². The van der Waals surface area contributed by atoms with Crippen LogP contribution in [0.2, 0.25) is 0 Å². The molecule has 3 N–H and O–H groups in total. The van der Waals surface area contributed by atoms with E-state index in [9.17, 15) is 5.11 Å². The molecule has 0 aliphatic carbocycles. The van der Waals surface area contributed by atoms with E-state index in [-0.39, 0.29) is 11.8 Å². The first-order valence-corrected chi connectivity index (χ1v) is 6.55. The van der Waals surface area contributed by atoms with Gasteiger partial charge in [0.25, 0.3) is 0 Å². The van der Waals surface area contributed by atoms with Gasteiger partial charge in [-0.2, -0.15) is 5.10 Å². The fourth-order valence-corrected chi connectivity index (χ4v) is 2.17. The van der Waals surface area contributed by atoms with Gasteiger partial charge >= 0.3 is 0 Å². The van der Waals surface area contributed by atoms with Gasteiger partial charge in [0.1, 0.15) is 12.2 Å². The Bertz CT molecular complexity index is 545. The van der Waals surface area contributed by atoms with Crippen molar-refractivity contribution in [2.45, 2.75) is 19.5 Å². The molecule has 2 rings (SSSR count). The number of halogens is 1. The normalized spacial score (nSPS) is 12.4. The van der Waals surface area contributed by atoms with Gasteiger partial charge in [-0.05, 0) is 40.5 Å². The van der Waals surface area contributed by atoms with Crippen LogP contribution in [0.25, 0.3) is 0 Å². The van der Waals surface area contributed by atoms with E-state index in [4.69, 9.17) is 4.74 Å². The van der Waals surface area contributed by atoms with Crippen molar-refractivity contribution in [3.05, 3.63) is 34.3 Å². The van der Waals surface area contributed by atoms with Crippen LogP contribution in [-0.2, 0) is 6.54 Å². The van der Waals surface area contributed by atoms with Crippen molar-refractivity contribution >= 4 is 15.9 Å². The number of nitrogens with one attached hydrogen (secondary N) is 2. The molecule has 1 aromatic heterocycles. The van der Waals surface area contributed by atoms with E-state index in [1.807, 2.05) is 13.0 Å². The Hall–Kier alpha value is -1.60. The number of aromatic amines is 1. The second-order valence-corrected chi connectivity index (χ2v) is 4.96. The van der Waals surface area contributed by atoms with E-state index < -0.39 is 0 Å². The summed E-state index contributed by atoms with van der Waals surface area (Å²) in [6, 6.07) is 3.69. The number of nitrogens with zero attached hydrogens (tertiary/aromatic N) is 2. The summed E-state index contributed by atoms with van der Waals surface area (Å²) in [6.07, 6.45) is 1.48. The smallest absolute Gasteiger partial charge is 0.172 e. The van der Waals surface area contributed by atoms with Gasteiger partial charge < -0.3 is 15.2 Å². The van der Waals surface area contributed by atoms with Crippen LogP contribution in [0.4, 0.5) is 0 Å². The second kappa shape index (κ2) is 6.03. The van der Waals surface area contributed by atoms with Crippen LogP contribution in [0, 0.1) is 0 Å². The lowest BCUT2D eigenvalue weighted by Gasteiger charge is -2.13. The maximum Gasteiger partial charge on any atom is 0.172 e. The molecule has 0 saturated carbocycles. The maximum absolute atomic E-state index is 9.73. The van der Waals surface area contributed by atoms with Crippen molar-refractivity contribution in [1.29, 1.82) is 0 Å². The molecule has 19 heavy (non-hydrogen) atoms. The Morgan fingerprint density at radius 3 is 2.95 bits per heavy atom. The molecular weight excluding hydrogens is 312 g/mol. The van der Waals surface area contributed by atoms with Gasteiger partial charge in [-0.3, -0.25) is 5.10 Å². The molecule has 1 unspecified atom stereocenters. The summed E-state index contributed by atoms with van der Waals surface area (Å²) < 4.78 is 5.72. The number of aromatic hydroxyl groups is 1. The number of phenols is 1. The summed E-state index contributed by atoms with van der Waals surface area (Å²) in [6.45, 7) is 2.62. The molecule has 0 aliphatic heterocycles. The highest BCUT2D eigenvalue weighted by atomic mass is 79.9. The molecule has 0 radical (unpaired) electrons. The van der Waals surface area contributed by atoms with Crippen LogP contribution in [0.3, 0.4) is 0 Å². The predicted molar refractivity (Wildman–Crippen MR) is 74.0 cm³/mol. The van der Waals surface area contributed by atoms with Crippen LogP contribution in [0.5, 0.6) is 11.5 Å². The Labute approximate surface area is 119 Å². The molecule has 6 nitrogen and oxygen atoms in total. The first-order valence-electron chi connectivity index (χ1n) is 5.76. The van der Waals surface area contributed by atoms with Crippen molar-refractivity contribution in [3.8, 4) is 11.5 Å². The average molecular weight is 327 g/mol. The third kappa shape index (κ3) is 3.24. The van der Waals surface area contributed by atoms with E-state index in [2.05, 4.69) is 36.4 Å². The number of hydrogen-bond acceptors (Lipinski definition) is 5. The number of benzene rings is 1. The lowest BCUT2D eigenvalue weighted by Crippen LogP contribution is -2.19. The summed E-state index contributed by atoms with van der Waals surface area (Å²) in [5.74, 6) is 1.33. The lowest BCUT2D eigenvalue weighted by atomic mass is 10.2. The minimum atomic E-state index is 0.0565. The van der Waals surface area contributed by atoms with E-state index in [1.165, 1.54) is 13.4 Å².